The van der Waals surface area contributed by atoms with E-state index in [1.807, 2.05) is 0 Å². The number of nitrogens with one attached hydrogen (secondary N) is 2. The number of hydrogen-bond donors (Lipinski definition) is 2. The van der Waals surface area contributed by atoms with E-state index in [0.717, 1.165) is 0 Å². The number of carbonyl (C=O) groups is 2. The molecule has 0 radical (unpaired) electrons. The van der Waals surface area contributed by atoms with Crippen LogP contribution in [-0.2, 0) is 19.1 Å². The van der Waals surface area contributed by atoms with Crippen molar-refractivity contribution < 1.29 is 27.8 Å². The molecule has 0 aliphatic carbocycles. The van der Waals surface area contributed by atoms with E-state index in [9.17, 15) is 18.4 Å². The molecule has 0 spiro atoms. The van der Waals surface area contributed by atoms with Crippen molar-refractivity contribution in [3.05, 3.63) is 0 Å². The second-order valence-electron chi connectivity index (χ2n) is 4.63. The van der Waals surface area contributed by atoms with Crippen LogP contribution in [0.15, 0.2) is 0 Å². The Morgan fingerprint density at radius 3 is 2.95 bits per heavy atom. The summed E-state index contributed by atoms with van der Waals surface area (Å²) in [6.45, 7) is 1.54. The van der Waals surface area contributed by atoms with E-state index in [4.69, 9.17) is 9.47 Å². The highest BCUT2D eigenvalue weighted by Crippen LogP contribution is 2.25. The third-order valence-corrected chi connectivity index (χ3v) is 3.05. The van der Waals surface area contributed by atoms with Gasteiger partial charge in [-0.25, -0.2) is 8.78 Å². The highest BCUT2D eigenvalue weighted by atomic mass is 19.3. The first-order chi connectivity index (χ1) is 8.91. The quantitative estimate of drug-likeness (QED) is 0.695. The Morgan fingerprint density at radius 1 is 1.63 bits per heavy atom. The molecule has 3 unspecified atom stereocenters. The molecule has 2 aliphatic heterocycles. The van der Waals surface area contributed by atoms with Crippen LogP contribution in [0.2, 0.25) is 0 Å². The van der Waals surface area contributed by atoms with Gasteiger partial charge in [0, 0.05) is 13.0 Å². The van der Waals surface area contributed by atoms with Crippen molar-refractivity contribution in [1.82, 2.24) is 10.6 Å². The second kappa shape index (κ2) is 5.38. The molecule has 2 aliphatic rings. The average molecular weight is 278 g/mol. The Morgan fingerprint density at radius 2 is 2.37 bits per heavy atom. The molecule has 19 heavy (non-hydrogen) atoms. The van der Waals surface area contributed by atoms with Gasteiger partial charge < -0.3 is 14.8 Å². The van der Waals surface area contributed by atoms with E-state index in [1.54, 1.807) is 6.92 Å². The molecule has 0 aromatic carbocycles. The number of hydrogen-bond acceptors (Lipinski definition) is 5. The Bertz CT molecular complexity index is 378. The summed E-state index contributed by atoms with van der Waals surface area (Å²) >= 11 is 0. The predicted molar refractivity (Wildman–Crippen MR) is 59.4 cm³/mol. The minimum atomic E-state index is -2.87. The van der Waals surface area contributed by atoms with Crippen molar-refractivity contribution in [2.45, 2.75) is 44.1 Å². The molecular formula is C11H16F2N2O4. The smallest absolute Gasteiger partial charge is 0.310 e. The molecule has 2 heterocycles. The number of esters is 1. The zero-order valence-electron chi connectivity index (χ0n) is 10.4. The molecule has 2 N–H and O–H groups in total. The number of halogens is 2. The lowest BCUT2D eigenvalue weighted by Crippen LogP contribution is -2.48. The number of carbonyl (C=O) groups excluding carboxylic acids is 2. The number of rotatable bonds is 4. The van der Waals surface area contributed by atoms with E-state index in [1.165, 1.54) is 0 Å². The first-order valence-corrected chi connectivity index (χ1v) is 6.14. The number of alkyl halides is 2. The van der Waals surface area contributed by atoms with Gasteiger partial charge in [-0.1, -0.05) is 0 Å². The second-order valence-corrected chi connectivity index (χ2v) is 4.63. The molecule has 2 fully saturated rings. The van der Waals surface area contributed by atoms with Crippen LogP contribution in [0.3, 0.4) is 0 Å². The lowest BCUT2D eigenvalue weighted by Gasteiger charge is -2.20. The van der Waals surface area contributed by atoms with Crippen molar-refractivity contribution in [2.75, 3.05) is 13.2 Å². The maximum atomic E-state index is 13.0. The Labute approximate surface area is 108 Å². The standard InChI is InChI=1S/C11H16F2N2O4/c1-2-18-10-6(3-8(16)19-10)15-9(17)7-4-11(12,13)5-14-7/h6-7,10,14H,2-5H2,1H3,(H,15,17). The summed E-state index contributed by atoms with van der Waals surface area (Å²) in [5.41, 5.74) is 0. The van der Waals surface area contributed by atoms with Crippen LogP contribution in [0.1, 0.15) is 19.8 Å². The summed E-state index contributed by atoms with van der Waals surface area (Å²) in [6.07, 6.45) is -1.40. The number of amides is 1. The van der Waals surface area contributed by atoms with E-state index in [2.05, 4.69) is 10.6 Å². The van der Waals surface area contributed by atoms with Gasteiger partial charge in [0.25, 0.3) is 5.92 Å². The fourth-order valence-electron chi connectivity index (χ4n) is 2.15. The number of cyclic esters (lactones) is 1. The molecular weight excluding hydrogens is 262 g/mol. The number of ether oxygens (including phenoxy) is 2. The van der Waals surface area contributed by atoms with E-state index in [0.29, 0.717) is 6.61 Å². The van der Waals surface area contributed by atoms with Gasteiger partial charge in [0.15, 0.2) is 0 Å². The van der Waals surface area contributed by atoms with Crippen LogP contribution in [0, 0.1) is 0 Å². The largest absolute Gasteiger partial charge is 0.433 e. The molecule has 0 saturated carbocycles. The van der Waals surface area contributed by atoms with Gasteiger partial charge in [-0.2, -0.15) is 0 Å². The maximum Gasteiger partial charge on any atom is 0.310 e. The van der Waals surface area contributed by atoms with Crippen molar-refractivity contribution in [1.29, 1.82) is 0 Å². The average Bonchev–Trinajstić information content (AvgIpc) is 2.83. The minimum Gasteiger partial charge on any atom is -0.433 e. The zero-order chi connectivity index (χ0) is 14.0. The summed E-state index contributed by atoms with van der Waals surface area (Å²) in [5, 5.41) is 4.97. The fraction of sp³-hybridized carbons (Fsp3) is 0.818. The van der Waals surface area contributed by atoms with Gasteiger partial charge in [0.1, 0.15) is 6.04 Å². The highest BCUT2D eigenvalue weighted by molar-refractivity contribution is 5.83. The van der Waals surface area contributed by atoms with Crippen LogP contribution in [-0.4, -0.2) is 49.3 Å². The minimum absolute atomic E-state index is 0.0144. The predicted octanol–water partition coefficient (Wildman–Crippen LogP) is -0.222. The van der Waals surface area contributed by atoms with Crippen LogP contribution in [0.4, 0.5) is 8.78 Å². The first-order valence-electron chi connectivity index (χ1n) is 6.14. The van der Waals surface area contributed by atoms with Gasteiger partial charge in [0.05, 0.1) is 19.0 Å². The van der Waals surface area contributed by atoms with Gasteiger partial charge in [-0.15, -0.1) is 0 Å². The van der Waals surface area contributed by atoms with Gasteiger partial charge in [0.2, 0.25) is 12.2 Å². The van der Waals surface area contributed by atoms with Gasteiger partial charge >= 0.3 is 5.97 Å². The summed E-state index contributed by atoms with van der Waals surface area (Å²) in [5.74, 6) is -3.91. The maximum absolute atomic E-state index is 13.0. The molecule has 1 amide bonds. The molecule has 8 heteroatoms. The van der Waals surface area contributed by atoms with Crippen LogP contribution < -0.4 is 10.6 Å². The van der Waals surface area contributed by atoms with Crippen molar-refractivity contribution in [3.8, 4) is 0 Å². The van der Waals surface area contributed by atoms with Crippen LogP contribution in [0.25, 0.3) is 0 Å². The summed E-state index contributed by atoms with van der Waals surface area (Å²) < 4.78 is 36.0. The normalized spacial score (nSPS) is 33.2. The fourth-order valence-corrected chi connectivity index (χ4v) is 2.15. The molecule has 0 aromatic rings. The van der Waals surface area contributed by atoms with E-state index >= 15 is 0 Å². The van der Waals surface area contributed by atoms with E-state index < -0.39 is 49.1 Å². The third kappa shape index (κ3) is 3.38. The molecule has 2 rings (SSSR count). The summed E-state index contributed by atoms with van der Waals surface area (Å²) in [6, 6.07) is -1.58. The van der Waals surface area contributed by atoms with Crippen LogP contribution >= 0.6 is 0 Å². The summed E-state index contributed by atoms with van der Waals surface area (Å²) in [7, 11) is 0. The Hall–Kier alpha value is -1.28. The lowest BCUT2D eigenvalue weighted by molar-refractivity contribution is -0.164. The first kappa shape index (κ1) is 14.1. The monoisotopic (exact) mass is 278 g/mol. The van der Waals surface area contributed by atoms with Crippen LogP contribution in [0.5, 0.6) is 0 Å². The molecule has 108 valence electrons. The lowest BCUT2D eigenvalue weighted by atomic mass is 10.1. The third-order valence-electron chi connectivity index (χ3n) is 3.05. The summed E-state index contributed by atoms with van der Waals surface area (Å²) in [4.78, 5) is 23.0. The topological polar surface area (TPSA) is 76.7 Å². The van der Waals surface area contributed by atoms with E-state index in [-0.39, 0.29) is 6.42 Å². The molecule has 0 bridgehead atoms. The molecule has 3 atom stereocenters. The van der Waals surface area contributed by atoms with Crippen molar-refractivity contribution in [2.24, 2.45) is 0 Å². The molecule has 6 nitrogen and oxygen atoms in total. The molecule has 2 saturated heterocycles. The van der Waals surface area contributed by atoms with Gasteiger partial charge in [-0.05, 0) is 6.92 Å². The van der Waals surface area contributed by atoms with Crippen molar-refractivity contribution >= 4 is 11.9 Å². The Balaban J connectivity index is 1.89. The Kier molecular flexibility index (Phi) is 4.00. The zero-order valence-corrected chi connectivity index (χ0v) is 10.4. The molecule has 0 aromatic heterocycles. The highest BCUT2D eigenvalue weighted by Gasteiger charge is 2.44. The SMILES string of the molecule is CCOC1OC(=O)CC1NC(=O)C1CC(F)(F)CN1. The van der Waals surface area contributed by atoms with Crippen molar-refractivity contribution in [3.63, 3.8) is 0 Å². The van der Waals surface area contributed by atoms with Gasteiger partial charge in [-0.3, -0.25) is 14.9 Å².